The zero-order chi connectivity index (χ0) is 15.9. The molecule has 2 aliphatic rings. The summed E-state index contributed by atoms with van der Waals surface area (Å²) in [6, 6.07) is 3.95. The Morgan fingerprint density at radius 1 is 1.23 bits per heavy atom. The number of benzene rings is 1. The van der Waals surface area contributed by atoms with Gasteiger partial charge in [-0.25, -0.2) is 0 Å². The first-order valence-corrected chi connectivity index (χ1v) is 6.92. The fraction of sp³-hybridized carbons (Fsp3) is 0.267. The average Bonchev–Trinajstić information content (AvgIpc) is 2.73. The van der Waals surface area contributed by atoms with Crippen LogP contribution in [0.2, 0.25) is 0 Å². The highest BCUT2D eigenvalue weighted by Crippen LogP contribution is 2.32. The van der Waals surface area contributed by atoms with E-state index in [4.69, 9.17) is 0 Å². The Morgan fingerprint density at radius 2 is 2.00 bits per heavy atom. The molecule has 1 atom stereocenters. The number of nitrogens with one attached hydrogen (secondary N) is 2. The zero-order valence-corrected chi connectivity index (χ0v) is 11.7. The lowest BCUT2D eigenvalue weighted by Gasteiger charge is -2.27. The van der Waals surface area contributed by atoms with Gasteiger partial charge in [0.25, 0.3) is 11.8 Å². The lowest BCUT2D eigenvalue weighted by atomic mass is 10.0. The molecule has 0 spiro atoms. The molecular weight excluding hydrogens is 286 g/mol. The van der Waals surface area contributed by atoms with Gasteiger partial charge in [0, 0.05) is 18.7 Å². The second kappa shape index (κ2) is 5.25. The SMILES string of the molecule is [CH2]CNc1cccc2c1C(=O)N(C1CCC(=O)NC1=O)C2=O. The molecule has 1 saturated heterocycles. The molecule has 1 aromatic carbocycles. The Balaban J connectivity index is 1.98. The lowest BCUT2D eigenvalue weighted by molar-refractivity contribution is -0.136. The normalized spacial score (nSPS) is 21.0. The van der Waals surface area contributed by atoms with Crippen LogP contribution in [-0.4, -0.2) is 41.1 Å². The summed E-state index contributed by atoms with van der Waals surface area (Å²) in [6.45, 7) is 4.01. The summed E-state index contributed by atoms with van der Waals surface area (Å²) in [6.07, 6.45) is 0.252. The molecule has 2 heterocycles. The molecule has 7 nitrogen and oxygen atoms in total. The molecule has 1 radical (unpaired) electrons. The van der Waals surface area contributed by atoms with Gasteiger partial charge in [0.15, 0.2) is 0 Å². The number of anilines is 1. The van der Waals surface area contributed by atoms with Gasteiger partial charge in [0.05, 0.1) is 11.1 Å². The third-order valence-electron chi connectivity index (χ3n) is 3.78. The van der Waals surface area contributed by atoms with Crippen LogP contribution in [0, 0.1) is 6.92 Å². The summed E-state index contributed by atoms with van der Waals surface area (Å²) in [5.41, 5.74) is 1.02. The van der Waals surface area contributed by atoms with E-state index in [1.165, 1.54) is 0 Å². The Kier molecular flexibility index (Phi) is 3.40. The van der Waals surface area contributed by atoms with Crippen LogP contribution in [0.1, 0.15) is 33.6 Å². The third-order valence-corrected chi connectivity index (χ3v) is 3.78. The van der Waals surface area contributed by atoms with E-state index in [0.29, 0.717) is 12.2 Å². The van der Waals surface area contributed by atoms with Crippen molar-refractivity contribution in [2.75, 3.05) is 11.9 Å². The molecule has 0 aliphatic carbocycles. The van der Waals surface area contributed by atoms with E-state index in [1.54, 1.807) is 18.2 Å². The van der Waals surface area contributed by atoms with Crippen molar-refractivity contribution in [2.24, 2.45) is 0 Å². The predicted molar refractivity (Wildman–Crippen MR) is 77.0 cm³/mol. The van der Waals surface area contributed by atoms with Gasteiger partial charge in [-0.2, -0.15) is 0 Å². The number of fused-ring (bicyclic) bond motifs is 1. The molecule has 3 rings (SSSR count). The quantitative estimate of drug-likeness (QED) is 0.785. The Labute approximate surface area is 126 Å². The predicted octanol–water partition coefficient (Wildman–Crippen LogP) is 0.334. The first-order chi connectivity index (χ1) is 10.5. The van der Waals surface area contributed by atoms with Crippen molar-refractivity contribution in [3.63, 3.8) is 0 Å². The van der Waals surface area contributed by atoms with Crippen LogP contribution < -0.4 is 10.6 Å². The highest BCUT2D eigenvalue weighted by Gasteiger charge is 2.45. The molecular formula is C15H14N3O4. The second-order valence-corrected chi connectivity index (χ2v) is 5.10. The van der Waals surface area contributed by atoms with Crippen molar-refractivity contribution < 1.29 is 19.2 Å². The van der Waals surface area contributed by atoms with Crippen LogP contribution in [0.4, 0.5) is 5.69 Å². The van der Waals surface area contributed by atoms with Crippen molar-refractivity contribution in [3.05, 3.63) is 36.2 Å². The minimum Gasteiger partial charge on any atom is -0.384 e. The van der Waals surface area contributed by atoms with Crippen LogP contribution in [0.25, 0.3) is 0 Å². The number of carbonyl (C=O) groups is 4. The monoisotopic (exact) mass is 300 g/mol. The zero-order valence-electron chi connectivity index (χ0n) is 11.7. The molecule has 2 aliphatic heterocycles. The van der Waals surface area contributed by atoms with E-state index in [1.807, 2.05) is 0 Å². The van der Waals surface area contributed by atoms with E-state index in [0.717, 1.165) is 4.90 Å². The largest absolute Gasteiger partial charge is 0.384 e. The molecule has 1 unspecified atom stereocenters. The summed E-state index contributed by atoms with van der Waals surface area (Å²) in [5, 5.41) is 5.10. The van der Waals surface area contributed by atoms with Crippen LogP contribution in [0.15, 0.2) is 18.2 Å². The fourth-order valence-electron chi connectivity index (χ4n) is 2.80. The van der Waals surface area contributed by atoms with E-state index in [2.05, 4.69) is 17.6 Å². The highest BCUT2D eigenvalue weighted by atomic mass is 16.2. The maximum Gasteiger partial charge on any atom is 0.264 e. The van der Waals surface area contributed by atoms with E-state index in [9.17, 15) is 19.2 Å². The van der Waals surface area contributed by atoms with Crippen LogP contribution in [0.3, 0.4) is 0 Å². The second-order valence-electron chi connectivity index (χ2n) is 5.10. The van der Waals surface area contributed by atoms with Gasteiger partial charge >= 0.3 is 0 Å². The van der Waals surface area contributed by atoms with Crippen LogP contribution in [-0.2, 0) is 9.59 Å². The molecule has 1 aromatic rings. The Hall–Kier alpha value is -2.70. The summed E-state index contributed by atoms with van der Waals surface area (Å²) in [7, 11) is 0. The van der Waals surface area contributed by atoms with Crippen molar-refractivity contribution in [2.45, 2.75) is 18.9 Å². The molecule has 0 saturated carbocycles. The topological polar surface area (TPSA) is 95.6 Å². The number of nitrogens with zero attached hydrogens (tertiary/aromatic N) is 1. The molecule has 113 valence electrons. The minimum absolute atomic E-state index is 0.105. The summed E-state index contributed by atoms with van der Waals surface area (Å²) in [5.74, 6) is -2.04. The van der Waals surface area contributed by atoms with Gasteiger partial charge in [0.2, 0.25) is 11.8 Å². The van der Waals surface area contributed by atoms with E-state index < -0.39 is 29.7 Å². The minimum atomic E-state index is -0.947. The molecule has 7 heteroatoms. The standard InChI is InChI=1S/C15H14N3O4/c1-2-16-9-5-3-4-8-12(9)15(22)18(14(8)21)10-6-7-11(19)17-13(10)20/h3-5,10,16H,1-2,6-7H2,(H,17,19,20). The van der Waals surface area contributed by atoms with Gasteiger partial charge < -0.3 is 5.32 Å². The molecule has 0 bridgehead atoms. The van der Waals surface area contributed by atoms with E-state index >= 15 is 0 Å². The van der Waals surface area contributed by atoms with Gasteiger partial charge in [0.1, 0.15) is 6.04 Å². The number of hydrogen-bond acceptors (Lipinski definition) is 5. The lowest BCUT2D eigenvalue weighted by Crippen LogP contribution is -2.54. The third kappa shape index (κ3) is 2.05. The van der Waals surface area contributed by atoms with Gasteiger partial charge in [-0.05, 0) is 25.5 Å². The van der Waals surface area contributed by atoms with Gasteiger partial charge in [-0.3, -0.25) is 29.4 Å². The van der Waals surface area contributed by atoms with Crippen molar-refractivity contribution >= 4 is 29.3 Å². The van der Waals surface area contributed by atoms with Crippen molar-refractivity contribution in [3.8, 4) is 0 Å². The highest BCUT2D eigenvalue weighted by molar-refractivity contribution is 6.25. The Morgan fingerprint density at radius 3 is 2.68 bits per heavy atom. The first kappa shape index (κ1) is 14.2. The van der Waals surface area contributed by atoms with Crippen LogP contribution in [0.5, 0.6) is 0 Å². The number of piperidine rings is 1. The molecule has 22 heavy (non-hydrogen) atoms. The maximum atomic E-state index is 12.6. The molecule has 2 N–H and O–H groups in total. The molecule has 1 fully saturated rings. The summed E-state index contributed by atoms with van der Waals surface area (Å²) < 4.78 is 0. The summed E-state index contributed by atoms with van der Waals surface area (Å²) in [4.78, 5) is 49.2. The number of hydrogen-bond donors (Lipinski definition) is 2. The number of amides is 4. The first-order valence-electron chi connectivity index (χ1n) is 6.92. The van der Waals surface area contributed by atoms with Crippen LogP contribution >= 0.6 is 0 Å². The average molecular weight is 300 g/mol. The van der Waals surface area contributed by atoms with Gasteiger partial charge in [-0.15, -0.1) is 0 Å². The maximum absolute atomic E-state index is 12.6. The van der Waals surface area contributed by atoms with Crippen molar-refractivity contribution in [1.82, 2.24) is 10.2 Å². The van der Waals surface area contributed by atoms with Gasteiger partial charge in [-0.1, -0.05) is 6.07 Å². The number of rotatable bonds is 3. The van der Waals surface area contributed by atoms with E-state index in [-0.39, 0.29) is 24.0 Å². The Bertz CT molecular complexity index is 698. The van der Waals surface area contributed by atoms with Crippen molar-refractivity contribution in [1.29, 1.82) is 0 Å². The summed E-state index contributed by atoms with van der Waals surface area (Å²) >= 11 is 0. The fourth-order valence-corrected chi connectivity index (χ4v) is 2.80. The molecule has 0 aromatic heterocycles. The number of carbonyl (C=O) groups excluding carboxylic acids is 4. The molecule has 4 amide bonds. The number of imide groups is 2. The smallest absolute Gasteiger partial charge is 0.264 e.